The molecule has 0 radical (unpaired) electrons. The van der Waals surface area contributed by atoms with Crippen molar-refractivity contribution in [3.8, 4) is 0 Å². The molecule has 0 amide bonds. The molecule has 1 rings (SSSR count). The SMILES string of the molecule is CCC(C)C(=O)CC(=O)c1c(Cl)cc(Cl)cc1Cl. The first-order valence-electron chi connectivity index (χ1n) is 5.57. The molecule has 1 atom stereocenters. The molecule has 0 saturated carbocycles. The van der Waals surface area contributed by atoms with E-state index >= 15 is 0 Å². The van der Waals surface area contributed by atoms with Crippen molar-refractivity contribution in [1.82, 2.24) is 0 Å². The lowest BCUT2D eigenvalue weighted by Gasteiger charge is -2.09. The number of hydrogen-bond donors (Lipinski definition) is 0. The normalized spacial score (nSPS) is 12.3. The van der Waals surface area contributed by atoms with Crippen LogP contribution < -0.4 is 0 Å². The largest absolute Gasteiger partial charge is 0.299 e. The van der Waals surface area contributed by atoms with Crippen molar-refractivity contribution < 1.29 is 9.59 Å². The lowest BCUT2D eigenvalue weighted by molar-refractivity contribution is -0.121. The van der Waals surface area contributed by atoms with Crippen LogP contribution >= 0.6 is 34.8 Å². The smallest absolute Gasteiger partial charge is 0.173 e. The topological polar surface area (TPSA) is 34.1 Å². The van der Waals surface area contributed by atoms with E-state index in [2.05, 4.69) is 0 Å². The van der Waals surface area contributed by atoms with Crippen LogP contribution in [0.5, 0.6) is 0 Å². The molecule has 0 spiro atoms. The maximum Gasteiger partial charge on any atom is 0.173 e. The molecule has 0 aromatic heterocycles. The van der Waals surface area contributed by atoms with E-state index in [0.717, 1.165) is 0 Å². The van der Waals surface area contributed by atoms with Gasteiger partial charge in [-0.05, 0) is 18.6 Å². The highest BCUT2D eigenvalue weighted by molar-refractivity contribution is 6.42. The highest BCUT2D eigenvalue weighted by Gasteiger charge is 2.21. The summed E-state index contributed by atoms with van der Waals surface area (Å²) in [5.41, 5.74) is 0.166. The molecule has 0 saturated heterocycles. The van der Waals surface area contributed by atoms with Crippen LogP contribution in [-0.4, -0.2) is 11.6 Å². The summed E-state index contributed by atoms with van der Waals surface area (Å²) < 4.78 is 0. The van der Waals surface area contributed by atoms with E-state index in [-0.39, 0.29) is 39.5 Å². The fourth-order valence-electron chi connectivity index (χ4n) is 1.46. The number of carbonyl (C=O) groups excluding carboxylic acids is 2. The number of halogens is 3. The predicted molar refractivity (Wildman–Crippen MR) is 74.9 cm³/mol. The summed E-state index contributed by atoms with van der Waals surface area (Å²) in [6.45, 7) is 3.69. The minimum atomic E-state index is -0.369. The average Bonchev–Trinajstić information content (AvgIpc) is 2.26. The van der Waals surface area contributed by atoms with Crippen LogP contribution in [-0.2, 0) is 4.79 Å². The van der Waals surface area contributed by atoms with Gasteiger partial charge in [-0.25, -0.2) is 0 Å². The van der Waals surface area contributed by atoms with Gasteiger partial charge < -0.3 is 0 Å². The first-order chi connectivity index (χ1) is 8.36. The average molecular weight is 308 g/mol. The zero-order valence-electron chi connectivity index (χ0n) is 10.1. The lowest BCUT2D eigenvalue weighted by Crippen LogP contribution is -2.15. The minimum Gasteiger partial charge on any atom is -0.299 e. The van der Waals surface area contributed by atoms with Crippen molar-refractivity contribution >= 4 is 46.4 Å². The van der Waals surface area contributed by atoms with Gasteiger partial charge in [0.1, 0.15) is 5.78 Å². The Bertz CT molecular complexity index is 460. The molecule has 0 aliphatic carbocycles. The second kappa shape index (κ2) is 6.55. The molecule has 0 N–H and O–H groups in total. The predicted octanol–water partition coefficient (Wildman–Crippen LogP) is 4.83. The summed E-state index contributed by atoms with van der Waals surface area (Å²) in [4.78, 5) is 23.7. The number of Topliss-reactive ketones (excluding diaryl/α,β-unsaturated/α-hetero) is 2. The minimum absolute atomic E-state index is 0.107. The van der Waals surface area contributed by atoms with Gasteiger partial charge >= 0.3 is 0 Å². The molecular weight excluding hydrogens is 294 g/mol. The fraction of sp³-hybridized carbons (Fsp3) is 0.385. The second-order valence-corrected chi connectivity index (χ2v) is 5.37. The van der Waals surface area contributed by atoms with Gasteiger partial charge in [0.25, 0.3) is 0 Å². The second-order valence-electron chi connectivity index (χ2n) is 4.12. The number of hydrogen-bond acceptors (Lipinski definition) is 2. The van der Waals surface area contributed by atoms with Crippen LogP contribution in [0.3, 0.4) is 0 Å². The van der Waals surface area contributed by atoms with E-state index in [1.807, 2.05) is 6.92 Å². The third kappa shape index (κ3) is 3.71. The Balaban J connectivity index is 2.95. The van der Waals surface area contributed by atoms with Gasteiger partial charge in [-0.2, -0.15) is 0 Å². The lowest BCUT2D eigenvalue weighted by atomic mass is 9.97. The van der Waals surface area contributed by atoms with E-state index in [4.69, 9.17) is 34.8 Å². The first-order valence-corrected chi connectivity index (χ1v) is 6.70. The fourth-order valence-corrected chi connectivity index (χ4v) is 2.48. The summed E-state index contributed by atoms with van der Waals surface area (Å²) in [6, 6.07) is 2.88. The van der Waals surface area contributed by atoms with Crippen LogP contribution in [0.25, 0.3) is 0 Å². The maximum absolute atomic E-state index is 12.0. The summed E-state index contributed by atoms with van der Waals surface area (Å²) in [5, 5.41) is 0.707. The summed E-state index contributed by atoms with van der Waals surface area (Å²) in [5.74, 6) is -0.615. The Morgan fingerprint density at radius 3 is 2.11 bits per heavy atom. The molecule has 1 aromatic rings. The molecule has 2 nitrogen and oxygen atoms in total. The molecule has 0 aliphatic rings. The zero-order chi connectivity index (χ0) is 13.9. The molecule has 1 aromatic carbocycles. The van der Waals surface area contributed by atoms with Gasteiger partial charge in [-0.15, -0.1) is 0 Å². The van der Waals surface area contributed by atoms with Gasteiger partial charge in [0.05, 0.1) is 22.0 Å². The number of ketones is 2. The Labute approximate surface area is 121 Å². The first kappa shape index (κ1) is 15.5. The number of rotatable bonds is 5. The van der Waals surface area contributed by atoms with Crippen LogP contribution in [0.4, 0.5) is 0 Å². The van der Waals surface area contributed by atoms with Gasteiger partial charge in [-0.1, -0.05) is 48.7 Å². The highest BCUT2D eigenvalue weighted by atomic mass is 35.5. The monoisotopic (exact) mass is 306 g/mol. The van der Waals surface area contributed by atoms with Crippen molar-refractivity contribution in [2.75, 3.05) is 0 Å². The molecular formula is C13H13Cl3O2. The molecule has 0 bridgehead atoms. The molecule has 1 unspecified atom stereocenters. The maximum atomic E-state index is 12.0. The van der Waals surface area contributed by atoms with Crippen LogP contribution in [0.1, 0.15) is 37.0 Å². The van der Waals surface area contributed by atoms with Crippen molar-refractivity contribution in [2.24, 2.45) is 5.92 Å². The molecule has 0 aliphatic heterocycles. The van der Waals surface area contributed by atoms with Gasteiger partial charge in [0.15, 0.2) is 5.78 Å². The summed E-state index contributed by atoms with van der Waals surface area (Å²) >= 11 is 17.6. The summed E-state index contributed by atoms with van der Waals surface area (Å²) in [6.07, 6.45) is 0.518. The third-order valence-corrected chi connectivity index (χ3v) is 3.60. The molecule has 5 heteroatoms. The molecule has 18 heavy (non-hydrogen) atoms. The summed E-state index contributed by atoms with van der Waals surface area (Å²) in [7, 11) is 0. The van der Waals surface area contributed by atoms with Gasteiger partial charge in [0, 0.05) is 10.9 Å². The quantitative estimate of drug-likeness (QED) is 0.576. The molecule has 0 fully saturated rings. The Morgan fingerprint density at radius 2 is 1.67 bits per heavy atom. The van der Waals surface area contributed by atoms with Gasteiger partial charge in [0.2, 0.25) is 0 Å². The van der Waals surface area contributed by atoms with Crippen molar-refractivity contribution in [3.63, 3.8) is 0 Å². The highest BCUT2D eigenvalue weighted by Crippen LogP contribution is 2.30. The van der Waals surface area contributed by atoms with Crippen molar-refractivity contribution in [2.45, 2.75) is 26.7 Å². The van der Waals surface area contributed by atoms with Crippen LogP contribution in [0.15, 0.2) is 12.1 Å². The Kier molecular flexibility index (Phi) is 5.64. The standard InChI is InChI=1S/C13H13Cl3O2/c1-3-7(2)11(17)6-12(18)13-9(15)4-8(14)5-10(13)16/h4-5,7H,3,6H2,1-2H3. The Hall–Kier alpha value is -0.570. The number of benzene rings is 1. The van der Waals surface area contributed by atoms with Crippen molar-refractivity contribution in [1.29, 1.82) is 0 Å². The van der Waals surface area contributed by atoms with Crippen molar-refractivity contribution in [3.05, 3.63) is 32.8 Å². The zero-order valence-corrected chi connectivity index (χ0v) is 12.4. The van der Waals surface area contributed by atoms with Crippen LogP contribution in [0, 0.1) is 5.92 Å². The van der Waals surface area contributed by atoms with E-state index in [1.54, 1.807) is 6.92 Å². The van der Waals surface area contributed by atoms with E-state index in [9.17, 15) is 9.59 Å². The Morgan fingerprint density at radius 1 is 1.17 bits per heavy atom. The molecule has 98 valence electrons. The van der Waals surface area contributed by atoms with Gasteiger partial charge in [-0.3, -0.25) is 9.59 Å². The van der Waals surface area contributed by atoms with Crippen LogP contribution in [0.2, 0.25) is 15.1 Å². The van der Waals surface area contributed by atoms with E-state index in [0.29, 0.717) is 11.4 Å². The van der Waals surface area contributed by atoms with E-state index in [1.165, 1.54) is 12.1 Å². The third-order valence-electron chi connectivity index (χ3n) is 2.78. The number of carbonyl (C=O) groups is 2. The molecule has 0 heterocycles. The van der Waals surface area contributed by atoms with E-state index < -0.39 is 0 Å².